The van der Waals surface area contributed by atoms with E-state index < -0.39 is 11.9 Å². The van der Waals surface area contributed by atoms with Gasteiger partial charge in [0.1, 0.15) is 11.8 Å². The van der Waals surface area contributed by atoms with Crippen LogP contribution in [0.15, 0.2) is 60.7 Å². The van der Waals surface area contributed by atoms with E-state index in [2.05, 4.69) is 5.32 Å². The molecule has 0 aromatic heterocycles. The third kappa shape index (κ3) is 3.71. The second-order valence-corrected chi connectivity index (χ2v) is 7.80. The molecule has 1 aliphatic carbocycles. The zero-order valence-corrected chi connectivity index (χ0v) is 17.1. The van der Waals surface area contributed by atoms with Gasteiger partial charge in [-0.3, -0.25) is 19.3 Å². The van der Waals surface area contributed by atoms with Gasteiger partial charge in [0.25, 0.3) is 0 Å². The Morgan fingerprint density at radius 2 is 1.57 bits per heavy atom. The third-order valence-corrected chi connectivity index (χ3v) is 5.82. The number of anilines is 1. The van der Waals surface area contributed by atoms with Crippen molar-refractivity contribution in [3.63, 3.8) is 0 Å². The van der Waals surface area contributed by atoms with Crippen molar-refractivity contribution >= 4 is 35.0 Å². The molecular weight excluding hydrogens is 404 g/mol. The van der Waals surface area contributed by atoms with Crippen LogP contribution in [-0.4, -0.2) is 28.7 Å². The molecule has 0 radical (unpaired) electrons. The van der Waals surface area contributed by atoms with Crippen molar-refractivity contribution in [2.75, 3.05) is 5.32 Å². The average molecular weight is 425 g/mol. The summed E-state index contributed by atoms with van der Waals surface area (Å²) in [6.45, 7) is 1.56. The summed E-state index contributed by atoms with van der Waals surface area (Å²) >= 11 is 6.16. The van der Waals surface area contributed by atoms with Gasteiger partial charge >= 0.3 is 0 Å². The average Bonchev–Trinajstić information content (AvgIpc) is 3.01. The molecule has 3 amide bonds. The molecule has 1 N–H and O–H groups in total. The van der Waals surface area contributed by atoms with Crippen LogP contribution in [0.2, 0.25) is 5.02 Å². The van der Waals surface area contributed by atoms with Crippen LogP contribution in [-0.2, 0) is 14.4 Å². The summed E-state index contributed by atoms with van der Waals surface area (Å²) in [5.74, 6) is -0.894. The first kappa shape index (κ1) is 20.2. The summed E-state index contributed by atoms with van der Waals surface area (Å²) < 4.78 is 5.86. The van der Waals surface area contributed by atoms with Gasteiger partial charge in [0, 0.05) is 0 Å². The number of carbonyl (C=O) groups is 3. The van der Waals surface area contributed by atoms with Crippen LogP contribution in [0.3, 0.4) is 0 Å². The van der Waals surface area contributed by atoms with Crippen LogP contribution in [0.5, 0.6) is 11.5 Å². The highest BCUT2D eigenvalue weighted by atomic mass is 35.5. The largest absolute Gasteiger partial charge is 0.454 e. The molecule has 2 aromatic rings. The van der Waals surface area contributed by atoms with E-state index in [1.165, 1.54) is 0 Å². The minimum Gasteiger partial charge on any atom is -0.454 e. The normalized spacial score (nSPS) is 21.3. The van der Waals surface area contributed by atoms with E-state index in [0.29, 0.717) is 35.1 Å². The molecule has 2 unspecified atom stereocenters. The number of rotatable bonds is 5. The highest BCUT2D eigenvalue weighted by Crippen LogP contribution is 2.37. The quantitative estimate of drug-likeness (QED) is 0.569. The molecular formula is C23H21ClN2O4. The number of hydrogen-bond donors (Lipinski definition) is 1. The van der Waals surface area contributed by atoms with Gasteiger partial charge in [-0.1, -0.05) is 48.0 Å². The lowest BCUT2D eigenvalue weighted by Gasteiger charge is -2.23. The predicted molar refractivity (Wildman–Crippen MR) is 113 cm³/mol. The van der Waals surface area contributed by atoms with Gasteiger partial charge in [-0.25, -0.2) is 0 Å². The maximum absolute atomic E-state index is 12.9. The van der Waals surface area contributed by atoms with Crippen LogP contribution in [0.25, 0.3) is 0 Å². The zero-order chi connectivity index (χ0) is 21.3. The van der Waals surface area contributed by atoms with Crippen molar-refractivity contribution in [3.8, 4) is 11.5 Å². The Balaban J connectivity index is 1.51. The topological polar surface area (TPSA) is 75.7 Å². The van der Waals surface area contributed by atoms with E-state index in [9.17, 15) is 14.4 Å². The molecule has 0 spiro atoms. The summed E-state index contributed by atoms with van der Waals surface area (Å²) in [6.07, 6.45) is 4.91. The SMILES string of the molecule is C[C@@H](C(=O)Nc1ccccc1Oc1ccccc1Cl)N1C(=O)C2CC=CCC2C1=O. The van der Waals surface area contributed by atoms with Crippen molar-refractivity contribution in [1.29, 1.82) is 0 Å². The van der Waals surface area contributed by atoms with Gasteiger partial charge in [-0.2, -0.15) is 0 Å². The molecule has 1 heterocycles. The number of nitrogens with zero attached hydrogens (tertiary/aromatic N) is 1. The molecule has 30 heavy (non-hydrogen) atoms. The number of imide groups is 1. The van der Waals surface area contributed by atoms with E-state index in [1.54, 1.807) is 55.5 Å². The smallest absolute Gasteiger partial charge is 0.247 e. The molecule has 0 bridgehead atoms. The number of carbonyl (C=O) groups excluding carboxylic acids is 3. The van der Waals surface area contributed by atoms with Crippen LogP contribution in [0, 0.1) is 11.8 Å². The van der Waals surface area contributed by atoms with Gasteiger partial charge in [-0.15, -0.1) is 0 Å². The number of likely N-dealkylation sites (tertiary alicyclic amines) is 1. The van der Waals surface area contributed by atoms with E-state index in [-0.39, 0.29) is 23.7 Å². The summed E-state index contributed by atoms with van der Waals surface area (Å²) in [5, 5.41) is 3.22. The fourth-order valence-electron chi connectivity index (χ4n) is 3.87. The molecule has 6 nitrogen and oxygen atoms in total. The highest BCUT2D eigenvalue weighted by molar-refractivity contribution is 6.32. The molecule has 1 aliphatic heterocycles. The molecule has 2 aromatic carbocycles. The Hall–Kier alpha value is -3.12. The van der Waals surface area contributed by atoms with E-state index in [4.69, 9.17) is 16.3 Å². The van der Waals surface area contributed by atoms with Crippen molar-refractivity contribution in [2.45, 2.75) is 25.8 Å². The number of halogens is 1. The van der Waals surface area contributed by atoms with Gasteiger partial charge in [-0.05, 0) is 44.0 Å². The molecule has 0 saturated carbocycles. The highest BCUT2D eigenvalue weighted by Gasteiger charge is 2.50. The van der Waals surface area contributed by atoms with E-state index in [1.807, 2.05) is 12.2 Å². The Morgan fingerprint density at radius 3 is 2.20 bits per heavy atom. The molecule has 1 fully saturated rings. The summed E-state index contributed by atoms with van der Waals surface area (Å²) in [6, 6.07) is 13.0. The van der Waals surface area contributed by atoms with E-state index in [0.717, 1.165) is 4.90 Å². The Morgan fingerprint density at radius 1 is 1.00 bits per heavy atom. The number of allylic oxidation sites excluding steroid dienone is 2. The van der Waals surface area contributed by atoms with Crippen molar-refractivity contribution in [2.24, 2.45) is 11.8 Å². The number of fused-ring (bicyclic) bond motifs is 1. The number of amides is 3. The lowest BCUT2D eigenvalue weighted by Crippen LogP contribution is -2.46. The fourth-order valence-corrected chi connectivity index (χ4v) is 4.04. The van der Waals surface area contributed by atoms with Gasteiger partial charge in [0.05, 0.1) is 22.5 Å². The Bertz CT molecular complexity index is 1010. The Labute approximate surface area is 179 Å². The summed E-state index contributed by atoms with van der Waals surface area (Å²) in [4.78, 5) is 39.5. The fraction of sp³-hybridized carbons (Fsp3) is 0.261. The predicted octanol–water partition coefficient (Wildman–Crippen LogP) is 4.41. The first-order chi connectivity index (χ1) is 14.5. The lowest BCUT2D eigenvalue weighted by atomic mass is 9.85. The second-order valence-electron chi connectivity index (χ2n) is 7.40. The molecule has 3 atom stereocenters. The monoisotopic (exact) mass is 424 g/mol. The minimum absolute atomic E-state index is 0.280. The molecule has 2 aliphatic rings. The molecule has 154 valence electrons. The van der Waals surface area contributed by atoms with Crippen LogP contribution in [0.1, 0.15) is 19.8 Å². The molecule has 1 saturated heterocycles. The number of nitrogens with one attached hydrogen (secondary N) is 1. The van der Waals surface area contributed by atoms with Crippen molar-refractivity contribution < 1.29 is 19.1 Å². The van der Waals surface area contributed by atoms with Gasteiger partial charge in [0.15, 0.2) is 5.75 Å². The van der Waals surface area contributed by atoms with Gasteiger partial charge in [0.2, 0.25) is 17.7 Å². The standard InChI is InChI=1S/C23H21ClN2O4/c1-14(26-22(28)15-8-2-3-9-16(15)23(26)29)21(27)25-18-11-5-7-13-20(18)30-19-12-6-4-10-17(19)24/h2-7,10-16H,8-9H2,1H3,(H,25,27)/t14-,15?,16?/m0/s1. The van der Waals surface area contributed by atoms with Crippen molar-refractivity contribution in [1.82, 2.24) is 4.90 Å². The summed E-state index contributed by atoms with van der Waals surface area (Å²) in [7, 11) is 0. The number of hydrogen-bond acceptors (Lipinski definition) is 4. The number of ether oxygens (including phenoxy) is 1. The van der Waals surface area contributed by atoms with Gasteiger partial charge < -0.3 is 10.1 Å². The van der Waals surface area contributed by atoms with Crippen molar-refractivity contribution in [3.05, 3.63) is 65.7 Å². The first-order valence-electron chi connectivity index (χ1n) is 9.81. The second kappa shape index (κ2) is 8.32. The minimum atomic E-state index is -0.927. The first-order valence-corrected chi connectivity index (χ1v) is 10.2. The maximum Gasteiger partial charge on any atom is 0.247 e. The maximum atomic E-state index is 12.9. The Kier molecular flexibility index (Phi) is 5.59. The number of para-hydroxylation sites is 3. The summed E-state index contributed by atoms with van der Waals surface area (Å²) in [5.41, 5.74) is 0.424. The zero-order valence-electron chi connectivity index (χ0n) is 16.4. The van der Waals surface area contributed by atoms with Crippen LogP contribution < -0.4 is 10.1 Å². The van der Waals surface area contributed by atoms with Crippen LogP contribution >= 0.6 is 11.6 Å². The molecule has 4 rings (SSSR count). The third-order valence-electron chi connectivity index (χ3n) is 5.51. The van der Waals surface area contributed by atoms with Crippen LogP contribution in [0.4, 0.5) is 5.69 Å². The lowest BCUT2D eigenvalue weighted by molar-refractivity contribution is -0.146. The van der Waals surface area contributed by atoms with E-state index >= 15 is 0 Å². The number of benzene rings is 2. The molecule has 7 heteroatoms.